The summed E-state index contributed by atoms with van der Waals surface area (Å²) in [6.07, 6.45) is -0.525. The van der Waals surface area contributed by atoms with Crippen molar-refractivity contribution in [2.75, 3.05) is 6.54 Å². The average Bonchev–Trinajstić information content (AvgIpc) is 3.00. The number of hydrogen-bond donors (Lipinski definition) is 1. The lowest BCUT2D eigenvalue weighted by Crippen LogP contribution is -2.57. The summed E-state index contributed by atoms with van der Waals surface area (Å²) < 4.78 is 41.1. The molecule has 0 aliphatic carbocycles. The molecule has 1 saturated heterocycles. The predicted molar refractivity (Wildman–Crippen MR) is 82.3 cm³/mol. The fraction of sp³-hybridized carbons (Fsp3) is 0.500. The van der Waals surface area contributed by atoms with Crippen LogP contribution >= 0.6 is 0 Å². The summed E-state index contributed by atoms with van der Waals surface area (Å²) >= 11 is 0. The molecule has 0 bridgehead atoms. The molecular formula is C16H19F3N4O. The first-order valence-electron chi connectivity index (χ1n) is 7.84. The number of fused-ring (bicyclic) bond motifs is 1. The highest BCUT2D eigenvalue weighted by Crippen LogP contribution is 2.32. The molecule has 1 aliphatic heterocycles. The lowest BCUT2D eigenvalue weighted by Gasteiger charge is -2.40. The van der Waals surface area contributed by atoms with E-state index in [1.807, 2.05) is 28.8 Å². The number of carbonyl (C=O) groups excluding carboxylic acids is 1. The molecule has 2 aromatic rings. The molecule has 2 aromatic heterocycles. The normalized spacial score (nSPS) is 22.1. The summed E-state index contributed by atoms with van der Waals surface area (Å²) in [5.41, 5.74) is 1.79. The highest BCUT2D eigenvalue weighted by molar-refractivity contribution is 5.74. The second-order valence-electron chi connectivity index (χ2n) is 6.06. The van der Waals surface area contributed by atoms with Gasteiger partial charge in [-0.1, -0.05) is 6.07 Å². The van der Waals surface area contributed by atoms with E-state index in [1.54, 1.807) is 6.20 Å². The first kappa shape index (κ1) is 16.8. The van der Waals surface area contributed by atoms with Gasteiger partial charge in [-0.15, -0.1) is 0 Å². The van der Waals surface area contributed by atoms with Crippen molar-refractivity contribution in [1.82, 2.24) is 19.6 Å². The van der Waals surface area contributed by atoms with E-state index in [4.69, 9.17) is 0 Å². The Labute approximate surface area is 137 Å². The van der Waals surface area contributed by atoms with Crippen LogP contribution in [0.2, 0.25) is 0 Å². The number of halogens is 3. The van der Waals surface area contributed by atoms with Crippen LogP contribution in [0.5, 0.6) is 0 Å². The minimum absolute atomic E-state index is 0.0689. The quantitative estimate of drug-likeness (QED) is 0.933. The number of aromatic nitrogens is 2. The number of alkyl halides is 3. The Bertz CT molecular complexity index is 727. The van der Waals surface area contributed by atoms with Crippen LogP contribution in [0.3, 0.4) is 0 Å². The van der Waals surface area contributed by atoms with Gasteiger partial charge in [0.15, 0.2) is 0 Å². The van der Waals surface area contributed by atoms with Crippen LogP contribution in [-0.2, 0) is 11.3 Å². The first-order valence-corrected chi connectivity index (χ1v) is 7.84. The molecule has 0 spiro atoms. The number of likely N-dealkylation sites (tertiary alicyclic amines) is 1. The molecule has 0 saturated carbocycles. The van der Waals surface area contributed by atoms with Gasteiger partial charge in [0.2, 0.25) is 5.91 Å². The van der Waals surface area contributed by atoms with Crippen molar-refractivity contribution in [3.8, 4) is 0 Å². The molecule has 2 atom stereocenters. The van der Waals surface area contributed by atoms with Gasteiger partial charge in [0.1, 0.15) is 11.7 Å². The van der Waals surface area contributed by atoms with Crippen LogP contribution in [0.15, 0.2) is 30.6 Å². The average molecular weight is 340 g/mol. The van der Waals surface area contributed by atoms with E-state index in [1.165, 1.54) is 6.92 Å². The Morgan fingerprint density at radius 3 is 2.88 bits per heavy atom. The zero-order chi connectivity index (χ0) is 17.3. The molecule has 1 N–H and O–H groups in total. The van der Waals surface area contributed by atoms with Gasteiger partial charge in [0, 0.05) is 44.1 Å². The van der Waals surface area contributed by atoms with Crippen LogP contribution in [0.4, 0.5) is 13.2 Å². The molecular weight excluding hydrogens is 321 g/mol. The largest absolute Gasteiger partial charge is 0.408 e. The lowest BCUT2D eigenvalue weighted by atomic mass is 9.97. The van der Waals surface area contributed by atoms with Crippen molar-refractivity contribution in [2.45, 2.75) is 44.6 Å². The smallest absolute Gasteiger partial charge is 0.329 e. The molecule has 0 radical (unpaired) electrons. The Morgan fingerprint density at radius 1 is 1.38 bits per heavy atom. The third kappa shape index (κ3) is 3.38. The van der Waals surface area contributed by atoms with Gasteiger partial charge in [-0.05, 0) is 25.0 Å². The molecule has 5 nitrogen and oxygen atoms in total. The van der Waals surface area contributed by atoms with Gasteiger partial charge in [0.25, 0.3) is 0 Å². The lowest BCUT2D eigenvalue weighted by molar-refractivity contribution is -0.196. The van der Waals surface area contributed by atoms with E-state index in [2.05, 4.69) is 10.3 Å². The van der Waals surface area contributed by atoms with Crippen molar-refractivity contribution < 1.29 is 18.0 Å². The van der Waals surface area contributed by atoms with E-state index in [9.17, 15) is 18.0 Å². The number of imidazole rings is 1. The molecule has 24 heavy (non-hydrogen) atoms. The molecule has 130 valence electrons. The second kappa shape index (κ2) is 6.43. The molecule has 1 fully saturated rings. The van der Waals surface area contributed by atoms with Crippen molar-refractivity contribution in [3.05, 3.63) is 36.3 Å². The number of hydrogen-bond acceptors (Lipinski definition) is 3. The van der Waals surface area contributed by atoms with E-state index in [0.717, 1.165) is 16.2 Å². The molecule has 0 aromatic carbocycles. The Balaban J connectivity index is 1.66. The Kier molecular flexibility index (Phi) is 4.49. The second-order valence-corrected chi connectivity index (χ2v) is 6.06. The van der Waals surface area contributed by atoms with E-state index < -0.39 is 18.1 Å². The van der Waals surface area contributed by atoms with Gasteiger partial charge in [-0.2, -0.15) is 13.2 Å². The van der Waals surface area contributed by atoms with Gasteiger partial charge in [0.05, 0.1) is 0 Å². The maximum atomic E-state index is 13.0. The number of nitrogens with zero attached hydrogens (tertiary/aromatic N) is 3. The molecule has 1 aliphatic rings. The molecule has 3 rings (SSSR count). The van der Waals surface area contributed by atoms with Crippen LogP contribution in [-0.4, -0.2) is 45.0 Å². The maximum Gasteiger partial charge on any atom is 0.408 e. The Hall–Kier alpha value is -2.09. The number of rotatable bonds is 3. The number of carbonyl (C=O) groups is 1. The summed E-state index contributed by atoms with van der Waals surface area (Å²) in [7, 11) is 0. The van der Waals surface area contributed by atoms with Crippen molar-refractivity contribution in [1.29, 1.82) is 0 Å². The Morgan fingerprint density at radius 2 is 2.17 bits per heavy atom. The zero-order valence-corrected chi connectivity index (χ0v) is 13.3. The monoisotopic (exact) mass is 340 g/mol. The first-order chi connectivity index (χ1) is 11.4. The molecule has 3 heterocycles. The highest BCUT2D eigenvalue weighted by atomic mass is 19.4. The summed E-state index contributed by atoms with van der Waals surface area (Å²) in [4.78, 5) is 16.7. The van der Waals surface area contributed by atoms with E-state index in [0.29, 0.717) is 13.0 Å². The third-order valence-electron chi connectivity index (χ3n) is 4.45. The number of nitrogens with one attached hydrogen (secondary N) is 1. The minimum atomic E-state index is -4.38. The van der Waals surface area contributed by atoms with Gasteiger partial charge >= 0.3 is 6.18 Å². The SMILES string of the molecule is CC(=O)N1CC(NCc2cccc3nccn23)CCC1C(F)(F)F. The van der Waals surface area contributed by atoms with E-state index in [-0.39, 0.29) is 19.0 Å². The van der Waals surface area contributed by atoms with Crippen LogP contribution in [0.25, 0.3) is 5.65 Å². The van der Waals surface area contributed by atoms with Gasteiger partial charge in [-0.25, -0.2) is 4.98 Å². The van der Waals surface area contributed by atoms with Gasteiger partial charge < -0.3 is 14.6 Å². The topological polar surface area (TPSA) is 49.6 Å². The third-order valence-corrected chi connectivity index (χ3v) is 4.45. The minimum Gasteiger partial charge on any atom is -0.329 e. The maximum absolute atomic E-state index is 13.0. The molecule has 8 heteroatoms. The fourth-order valence-corrected chi connectivity index (χ4v) is 3.23. The number of amides is 1. The standard InChI is InChI=1S/C16H19F3N4O/c1-11(24)23-10-12(5-6-14(23)16(17,18)19)21-9-13-3-2-4-15-20-7-8-22(13)15/h2-4,7-8,12,14,21H,5-6,9-10H2,1H3. The highest BCUT2D eigenvalue weighted by Gasteiger charge is 2.47. The van der Waals surface area contributed by atoms with Crippen molar-refractivity contribution in [2.24, 2.45) is 0 Å². The fourth-order valence-electron chi connectivity index (χ4n) is 3.23. The van der Waals surface area contributed by atoms with Crippen LogP contribution < -0.4 is 5.32 Å². The number of piperidine rings is 1. The molecule has 2 unspecified atom stereocenters. The van der Waals surface area contributed by atoms with E-state index >= 15 is 0 Å². The predicted octanol–water partition coefficient (Wildman–Crippen LogP) is 2.37. The van der Waals surface area contributed by atoms with Crippen molar-refractivity contribution in [3.63, 3.8) is 0 Å². The molecule has 1 amide bonds. The summed E-state index contributed by atoms with van der Waals surface area (Å²) in [5, 5.41) is 3.27. The van der Waals surface area contributed by atoms with Gasteiger partial charge in [-0.3, -0.25) is 4.79 Å². The van der Waals surface area contributed by atoms with Crippen molar-refractivity contribution >= 4 is 11.6 Å². The zero-order valence-electron chi connectivity index (χ0n) is 13.3. The number of pyridine rings is 1. The summed E-state index contributed by atoms with van der Waals surface area (Å²) in [5.74, 6) is -0.541. The summed E-state index contributed by atoms with van der Waals surface area (Å²) in [6.45, 7) is 1.76. The van der Waals surface area contributed by atoms with Crippen LogP contribution in [0.1, 0.15) is 25.5 Å². The summed E-state index contributed by atoms with van der Waals surface area (Å²) in [6, 6.07) is 3.87. The van der Waals surface area contributed by atoms with Crippen LogP contribution in [0, 0.1) is 0 Å².